The van der Waals surface area contributed by atoms with E-state index in [1.54, 1.807) is 12.1 Å². The molecule has 3 aromatic rings. The van der Waals surface area contributed by atoms with Crippen molar-refractivity contribution in [1.82, 2.24) is 0 Å². The van der Waals surface area contributed by atoms with E-state index in [2.05, 4.69) is 10.7 Å². The third-order valence-electron chi connectivity index (χ3n) is 4.33. The molecule has 27 heavy (non-hydrogen) atoms. The van der Waals surface area contributed by atoms with Crippen LogP contribution in [0.25, 0.3) is 0 Å². The highest BCUT2D eigenvalue weighted by atomic mass is 32.2. The Kier molecular flexibility index (Phi) is 6.30. The highest BCUT2D eigenvalue weighted by Crippen LogP contribution is 2.32. The summed E-state index contributed by atoms with van der Waals surface area (Å²) in [6.07, 6.45) is 0. The number of anilines is 1. The Morgan fingerprint density at radius 1 is 0.926 bits per heavy atom. The lowest BCUT2D eigenvalue weighted by molar-refractivity contribution is 0.0983. The average Bonchev–Trinajstić information content (AvgIpc) is 2.72. The predicted molar refractivity (Wildman–Crippen MR) is 112 cm³/mol. The molecule has 0 aliphatic heterocycles. The van der Waals surface area contributed by atoms with Gasteiger partial charge in [-0.2, -0.15) is 5.26 Å². The first kappa shape index (κ1) is 18.8. The number of thioether (sulfide) groups is 1. The average molecular weight is 372 g/mol. The van der Waals surface area contributed by atoms with Gasteiger partial charge >= 0.3 is 0 Å². The third-order valence-corrected chi connectivity index (χ3v) is 5.18. The monoisotopic (exact) mass is 372 g/mol. The fourth-order valence-electron chi connectivity index (χ4n) is 2.92. The van der Waals surface area contributed by atoms with Crippen molar-refractivity contribution in [2.75, 3.05) is 5.32 Å². The lowest BCUT2D eigenvalue weighted by Gasteiger charge is -2.26. The van der Waals surface area contributed by atoms with Crippen LogP contribution >= 0.6 is 11.8 Å². The molecular weight excluding hydrogens is 352 g/mol. The van der Waals surface area contributed by atoms with Gasteiger partial charge in [-0.05, 0) is 36.4 Å². The molecule has 0 heterocycles. The minimum atomic E-state index is -0.569. The molecule has 0 saturated heterocycles. The molecule has 0 fully saturated rings. The van der Waals surface area contributed by atoms with E-state index in [0.717, 1.165) is 28.6 Å². The van der Waals surface area contributed by atoms with Crippen LogP contribution in [0, 0.1) is 17.6 Å². The highest BCUT2D eigenvalue weighted by Gasteiger charge is 2.31. The molecule has 0 spiro atoms. The van der Waals surface area contributed by atoms with Crippen molar-refractivity contribution in [3.63, 3.8) is 0 Å². The van der Waals surface area contributed by atoms with Gasteiger partial charge in [-0.1, -0.05) is 78.4 Å². The van der Waals surface area contributed by atoms with Crippen LogP contribution in [0.4, 0.5) is 5.69 Å². The van der Waals surface area contributed by atoms with Crippen molar-refractivity contribution in [3.8, 4) is 5.40 Å². The summed E-state index contributed by atoms with van der Waals surface area (Å²) < 4.78 is 0. The van der Waals surface area contributed by atoms with Crippen molar-refractivity contribution in [2.45, 2.75) is 18.2 Å². The second-order valence-electron chi connectivity index (χ2n) is 6.26. The SMILES string of the molecule is Cc1ccc(C(Nc2ccccc2)C(SC#N)C(=O)c2ccccc2)cc1. The maximum atomic E-state index is 13.2. The Hall–Kier alpha value is -3.03. The molecule has 0 saturated carbocycles. The molecule has 134 valence electrons. The van der Waals surface area contributed by atoms with Gasteiger partial charge in [0.1, 0.15) is 10.7 Å². The van der Waals surface area contributed by atoms with Crippen LogP contribution < -0.4 is 5.32 Å². The molecule has 3 nitrogen and oxygen atoms in total. The summed E-state index contributed by atoms with van der Waals surface area (Å²) >= 11 is 0.999. The first-order chi connectivity index (χ1) is 13.2. The number of Topliss-reactive ketones (excluding diaryl/α,β-unsaturated/α-hetero) is 1. The topological polar surface area (TPSA) is 52.9 Å². The summed E-state index contributed by atoms with van der Waals surface area (Å²) in [6.45, 7) is 2.03. The van der Waals surface area contributed by atoms with Crippen molar-refractivity contribution in [1.29, 1.82) is 5.26 Å². The quantitative estimate of drug-likeness (QED) is 0.432. The predicted octanol–water partition coefficient (Wildman–Crippen LogP) is 5.61. The van der Waals surface area contributed by atoms with Crippen LogP contribution in [0.2, 0.25) is 0 Å². The largest absolute Gasteiger partial charge is 0.377 e. The lowest BCUT2D eigenvalue weighted by atomic mass is 9.96. The molecule has 3 aromatic carbocycles. The van der Waals surface area contributed by atoms with Crippen LogP contribution in [0.1, 0.15) is 27.5 Å². The number of para-hydroxylation sites is 1. The molecule has 0 radical (unpaired) electrons. The zero-order valence-corrected chi connectivity index (χ0v) is 15.8. The third kappa shape index (κ3) is 4.78. The van der Waals surface area contributed by atoms with Crippen molar-refractivity contribution in [2.24, 2.45) is 0 Å². The summed E-state index contributed by atoms with van der Waals surface area (Å²) in [4.78, 5) is 13.2. The maximum absolute atomic E-state index is 13.2. The molecule has 0 aromatic heterocycles. The van der Waals surface area contributed by atoms with Crippen LogP contribution in [-0.2, 0) is 0 Å². The number of carbonyl (C=O) groups excluding carboxylic acids is 1. The maximum Gasteiger partial charge on any atom is 0.179 e. The van der Waals surface area contributed by atoms with Gasteiger partial charge in [0.2, 0.25) is 0 Å². The molecular formula is C23H20N2OS. The Morgan fingerprint density at radius 2 is 1.52 bits per heavy atom. The van der Waals surface area contributed by atoms with Gasteiger partial charge in [0.05, 0.1) is 6.04 Å². The van der Waals surface area contributed by atoms with E-state index in [0.29, 0.717) is 5.56 Å². The van der Waals surface area contributed by atoms with Gasteiger partial charge in [0, 0.05) is 11.3 Å². The van der Waals surface area contributed by atoms with Crippen LogP contribution in [0.3, 0.4) is 0 Å². The standard InChI is InChI=1S/C23H20N2OS/c1-17-12-14-18(15-13-17)21(25-20-10-6-3-7-11-20)23(27-16-24)22(26)19-8-4-2-5-9-19/h2-15,21,23,25H,1H3. The van der Waals surface area contributed by atoms with E-state index in [4.69, 9.17) is 0 Å². The minimum Gasteiger partial charge on any atom is -0.377 e. The number of hydrogen-bond acceptors (Lipinski definition) is 4. The molecule has 0 amide bonds. The number of nitrogens with one attached hydrogen (secondary N) is 1. The van der Waals surface area contributed by atoms with Gasteiger partial charge in [0.25, 0.3) is 0 Å². The molecule has 0 bridgehead atoms. The van der Waals surface area contributed by atoms with Crippen LogP contribution in [0.15, 0.2) is 84.9 Å². The molecule has 1 N–H and O–H groups in total. The van der Waals surface area contributed by atoms with Gasteiger partial charge in [-0.3, -0.25) is 4.79 Å². The number of aryl methyl sites for hydroxylation is 1. The van der Waals surface area contributed by atoms with Crippen LogP contribution in [0.5, 0.6) is 0 Å². The molecule has 0 aliphatic carbocycles. The first-order valence-electron chi connectivity index (χ1n) is 8.71. The van der Waals surface area contributed by atoms with Crippen molar-refractivity contribution < 1.29 is 4.79 Å². The molecule has 2 atom stereocenters. The number of carbonyl (C=O) groups is 1. The van der Waals surface area contributed by atoms with Gasteiger partial charge in [-0.25, -0.2) is 0 Å². The van der Waals surface area contributed by atoms with Crippen LogP contribution in [-0.4, -0.2) is 11.0 Å². The molecule has 0 aliphatic rings. The number of ketones is 1. The fraction of sp³-hybridized carbons (Fsp3) is 0.130. The molecule has 3 rings (SSSR count). The first-order valence-corrected chi connectivity index (χ1v) is 9.59. The van der Waals surface area contributed by atoms with Gasteiger partial charge < -0.3 is 5.32 Å². The van der Waals surface area contributed by atoms with E-state index < -0.39 is 5.25 Å². The second-order valence-corrected chi connectivity index (χ2v) is 7.18. The van der Waals surface area contributed by atoms with Gasteiger partial charge in [-0.15, -0.1) is 0 Å². The van der Waals surface area contributed by atoms with E-state index in [9.17, 15) is 10.1 Å². The van der Waals surface area contributed by atoms with Crippen molar-refractivity contribution in [3.05, 3.63) is 102 Å². The Bertz CT molecular complexity index is 918. The Morgan fingerprint density at radius 3 is 2.11 bits per heavy atom. The summed E-state index contributed by atoms with van der Waals surface area (Å²) in [6, 6.07) is 26.6. The number of rotatable bonds is 7. The number of thiocyanates is 1. The summed E-state index contributed by atoms with van der Waals surface area (Å²) in [5, 5.41) is 14.4. The van der Waals surface area contributed by atoms with E-state index >= 15 is 0 Å². The summed E-state index contributed by atoms with van der Waals surface area (Å²) in [7, 11) is 0. The highest BCUT2D eigenvalue weighted by molar-refractivity contribution is 8.05. The number of nitrogens with zero attached hydrogens (tertiary/aromatic N) is 1. The normalized spacial score (nSPS) is 12.6. The number of hydrogen-bond donors (Lipinski definition) is 1. The van der Waals surface area contributed by atoms with E-state index in [1.807, 2.05) is 79.7 Å². The minimum absolute atomic E-state index is 0.0591. The fourth-order valence-corrected chi connectivity index (χ4v) is 3.64. The lowest BCUT2D eigenvalue weighted by Crippen LogP contribution is -2.30. The van der Waals surface area contributed by atoms with E-state index in [-0.39, 0.29) is 11.8 Å². The molecule has 2 unspecified atom stereocenters. The summed E-state index contributed by atoms with van der Waals surface area (Å²) in [5.41, 5.74) is 3.64. The zero-order valence-electron chi connectivity index (χ0n) is 15.0. The Balaban J connectivity index is 2.01. The van der Waals surface area contributed by atoms with E-state index in [1.165, 1.54) is 0 Å². The zero-order chi connectivity index (χ0) is 19.1. The summed E-state index contributed by atoms with van der Waals surface area (Å²) in [5.74, 6) is -0.0591. The number of benzene rings is 3. The smallest absolute Gasteiger partial charge is 0.179 e. The number of nitriles is 1. The van der Waals surface area contributed by atoms with Crippen molar-refractivity contribution >= 4 is 23.2 Å². The second kappa shape index (κ2) is 9.07. The molecule has 4 heteroatoms. The van der Waals surface area contributed by atoms with Gasteiger partial charge in [0.15, 0.2) is 5.78 Å². The Labute approximate surface area is 164 Å².